The van der Waals surface area contributed by atoms with Crippen molar-refractivity contribution in [1.82, 2.24) is 0 Å². The van der Waals surface area contributed by atoms with E-state index in [-0.39, 0.29) is 11.0 Å². The van der Waals surface area contributed by atoms with Crippen molar-refractivity contribution in [3.05, 3.63) is 0 Å². The molecular weight excluding hydrogens is 160 g/mol. The van der Waals surface area contributed by atoms with Crippen LogP contribution in [0.1, 0.15) is 47.5 Å². The van der Waals surface area contributed by atoms with Gasteiger partial charge in [-0.25, -0.2) is 0 Å². The molecule has 76 valence electrons. The van der Waals surface area contributed by atoms with Crippen LogP contribution in [0.4, 0.5) is 0 Å². The highest BCUT2D eigenvalue weighted by Gasteiger charge is 2.46. The molecule has 1 saturated carbocycles. The number of aliphatic imine (C=N–C) groups is 1. The molecule has 0 saturated heterocycles. The molecule has 0 unspecified atom stereocenters. The largest absolute Gasteiger partial charge is 0.387 e. The molecule has 1 aliphatic rings. The van der Waals surface area contributed by atoms with E-state index in [0.717, 1.165) is 5.84 Å². The lowest BCUT2D eigenvalue weighted by molar-refractivity contribution is 0.469. The minimum Gasteiger partial charge on any atom is -0.387 e. The summed E-state index contributed by atoms with van der Waals surface area (Å²) in [6.07, 6.45) is 2.42. The Kier molecular flexibility index (Phi) is 2.44. The number of nitrogens with zero attached hydrogens (tertiary/aromatic N) is 1. The van der Waals surface area contributed by atoms with E-state index in [1.807, 2.05) is 0 Å². The molecule has 0 atom stereocenters. The van der Waals surface area contributed by atoms with E-state index >= 15 is 0 Å². The third-order valence-corrected chi connectivity index (χ3v) is 2.95. The summed E-state index contributed by atoms with van der Waals surface area (Å²) in [6.45, 7) is 10.8. The lowest BCUT2D eigenvalue weighted by Crippen LogP contribution is -2.32. The number of hydrogen-bond acceptors (Lipinski definition) is 1. The van der Waals surface area contributed by atoms with Gasteiger partial charge in [0.1, 0.15) is 0 Å². The van der Waals surface area contributed by atoms with Crippen LogP contribution >= 0.6 is 0 Å². The van der Waals surface area contributed by atoms with Crippen LogP contribution in [0, 0.1) is 11.3 Å². The Morgan fingerprint density at radius 1 is 1.31 bits per heavy atom. The summed E-state index contributed by atoms with van der Waals surface area (Å²) in [4.78, 5) is 4.69. The summed E-state index contributed by atoms with van der Waals surface area (Å²) in [5.41, 5.74) is 6.17. The normalized spacial score (nSPS) is 22.2. The molecule has 1 rings (SSSR count). The number of amidine groups is 1. The minimum absolute atomic E-state index is 0.0183. The van der Waals surface area contributed by atoms with Crippen LogP contribution in [-0.4, -0.2) is 11.4 Å². The van der Waals surface area contributed by atoms with Gasteiger partial charge in [0.25, 0.3) is 0 Å². The average molecular weight is 182 g/mol. The highest BCUT2D eigenvalue weighted by Crippen LogP contribution is 2.46. The van der Waals surface area contributed by atoms with Crippen LogP contribution in [0.3, 0.4) is 0 Å². The minimum atomic E-state index is 0.0183. The van der Waals surface area contributed by atoms with Crippen molar-refractivity contribution < 1.29 is 0 Å². The Labute approximate surface area is 81.6 Å². The predicted molar refractivity (Wildman–Crippen MR) is 57.9 cm³/mol. The van der Waals surface area contributed by atoms with Crippen molar-refractivity contribution in [1.29, 1.82) is 0 Å². The summed E-state index contributed by atoms with van der Waals surface area (Å²) in [5.74, 6) is 1.42. The summed E-state index contributed by atoms with van der Waals surface area (Å²) >= 11 is 0. The van der Waals surface area contributed by atoms with Gasteiger partial charge in [-0.3, -0.25) is 4.99 Å². The quantitative estimate of drug-likeness (QED) is 0.517. The van der Waals surface area contributed by atoms with Crippen LogP contribution < -0.4 is 5.73 Å². The fourth-order valence-corrected chi connectivity index (χ4v) is 1.35. The van der Waals surface area contributed by atoms with Gasteiger partial charge >= 0.3 is 0 Å². The Balaban J connectivity index is 2.77. The van der Waals surface area contributed by atoms with Crippen LogP contribution in [-0.2, 0) is 0 Å². The molecule has 1 aliphatic carbocycles. The monoisotopic (exact) mass is 182 g/mol. The van der Waals surface area contributed by atoms with Crippen molar-refractivity contribution in [3.63, 3.8) is 0 Å². The molecule has 0 aromatic heterocycles. The van der Waals surface area contributed by atoms with E-state index in [1.54, 1.807) is 0 Å². The van der Waals surface area contributed by atoms with E-state index in [0.29, 0.717) is 5.92 Å². The highest BCUT2D eigenvalue weighted by atomic mass is 15.0. The first-order chi connectivity index (χ1) is 5.78. The molecular formula is C11H22N2. The molecule has 0 aromatic carbocycles. The Bertz CT molecular complexity index is 217. The zero-order valence-electron chi connectivity index (χ0n) is 9.52. The highest BCUT2D eigenvalue weighted by molar-refractivity contribution is 5.86. The Morgan fingerprint density at radius 3 is 2.00 bits per heavy atom. The van der Waals surface area contributed by atoms with Crippen LogP contribution in [0.25, 0.3) is 0 Å². The number of rotatable bonds is 2. The lowest BCUT2D eigenvalue weighted by atomic mass is 9.94. The first-order valence-corrected chi connectivity index (χ1v) is 5.14. The summed E-state index contributed by atoms with van der Waals surface area (Å²) in [7, 11) is 0. The van der Waals surface area contributed by atoms with Crippen molar-refractivity contribution in [2.24, 2.45) is 22.1 Å². The topological polar surface area (TPSA) is 38.4 Å². The molecule has 0 heterocycles. The SMILES string of the molecule is CC(C)C1(N=C(N)C(C)(C)C)CC1. The molecule has 2 heteroatoms. The van der Waals surface area contributed by atoms with Crippen molar-refractivity contribution in [2.45, 2.75) is 53.0 Å². The molecule has 0 bridgehead atoms. The molecule has 1 fully saturated rings. The van der Waals surface area contributed by atoms with E-state index in [2.05, 4.69) is 39.6 Å². The zero-order valence-corrected chi connectivity index (χ0v) is 9.52. The van der Waals surface area contributed by atoms with Gasteiger partial charge in [0.15, 0.2) is 0 Å². The summed E-state index contributed by atoms with van der Waals surface area (Å²) < 4.78 is 0. The fourth-order valence-electron chi connectivity index (χ4n) is 1.35. The number of hydrogen-bond donors (Lipinski definition) is 1. The van der Waals surface area contributed by atoms with E-state index in [9.17, 15) is 0 Å². The Hall–Kier alpha value is -0.530. The van der Waals surface area contributed by atoms with Crippen LogP contribution in [0.15, 0.2) is 4.99 Å². The number of nitrogens with two attached hydrogens (primary N) is 1. The first kappa shape index (κ1) is 10.6. The van der Waals surface area contributed by atoms with Crippen molar-refractivity contribution in [2.75, 3.05) is 0 Å². The maximum atomic E-state index is 5.96. The molecule has 0 amide bonds. The second-order valence-corrected chi connectivity index (χ2v) is 5.51. The third-order valence-electron chi connectivity index (χ3n) is 2.95. The molecule has 0 aliphatic heterocycles. The van der Waals surface area contributed by atoms with Gasteiger partial charge in [-0.05, 0) is 18.8 Å². The van der Waals surface area contributed by atoms with Crippen LogP contribution in [0.5, 0.6) is 0 Å². The molecule has 13 heavy (non-hydrogen) atoms. The fraction of sp³-hybridized carbons (Fsp3) is 0.909. The van der Waals surface area contributed by atoms with Gasteiger partial charge in [0, 0.05) is 5.41 Å². The smallest absolute Gasteiger partial charge is 0.0998 e. The predicted octanol–water partition coefficient (Wildman–Crippen LogP) is 2.58. The summed E-state index contributed by atoms with van der Waals surface area (Å²) in [6, 6.07) is 0. The second kappa shape index (κ2) is 3.00. The maximum Gasteiger partial charge on any atom is 0.0998 e. The van der Waals surface area contributed by atoms with Gasteiger partial charge in [-0.2, -0.15) is 0 Å². The zero-order chi connectivity index (χ0) is 10.3. The van der Waals surface area contributed by atoms with E-state index in [4.69, 9.17) is 5.73 Å². The van der Waals surface area contributed by atoms with Gasteiger partial charge in [0.2, 0.25) is 0 Å². The maximum absolute atomic E-state index is 5.96. The Morgan fingerprint density at radius 2 is 1.77 bits per heavy atom. The van der Waals surface area contributed by atoms with Crippen LogP contribution in [0.2, 0.25) is 0 Å². The van der Waals surface area contributed by atoms with E-state index in [1.165, 1.54) is 12.8 Å². The van der Waals surface area contributed by atoms with Crippen molar-refractivity contribution >= 4 is 5.84 Å². The molecule has 2 N–H and O–H groups in total. The van der Waals surface area contributed by atoms with Gasteiger partial charge < -0.3 is 5.73 Å². The standard InChI is InChI=1S/C11H22N2/c1-8(2)11(6-7-11)13-9(12)10(3,4)5/h8H,6-7H2,1-5H3,(H2,12,13). The first-order valence-electron chi connectivity index (χ1n) is 5.14. The molecule has 0 aromatic rings. The second-order valence-electron chi connectivity index (χ2n) is 5.51. The molecule has 0 radical (unpaired) electrons. The molecule has 0 spiro atoms. The lowest BCUT2D eigenvalue weighted by Gasteiger charge is -2.22. The van der Waals surface area contributed by atoms with Gasteiger partial charge in [-0.1, -0.05) is 34.6 Å². The van der Waals surface area contributed by atoms with E-state index < -0.39 is 0 Å². The third kappa shape index (κ3) is 2.23. The molecule has 2 nitrogen and oxygen atoms in total. The van der Waals surface area contributed by atoms with Gasteiger partial charge in [0.05, 0.1) is 11.4 Å². The summed E-state index contributed by atoms with van der Waals surface area (Å²) in [5, 5.41) is 0. The van der Waals surface area contributed by atoms with Gasteiger partial charge in [-0.15, -0.1) is 0 Å². The van der Waals surface area contributed by atoms with Crippen molar-refractivity contribution in [3.8, 4) is 0 Å². The average Bonchev–Trinajstić information content (AvgIpc) is 2.66.